The molecule has 1 aliphatic rings. The van der Waals surface area contributed by atoms with Crippen molar-refractivity contribution in [2.45, 2.75) is 57.4 Å². The fourth-order valence-corrected chi connectivity index (χ4v) is 5.24. The maximum atomic E-state index is 11.5. The molecule has 1 amide bonds. The molecule has 6 N–H and O–H groups in total. The van der Waals surface area contributed by atoms with Gasteiger partial charge in [-0.3, -0.25) is 15.1 Å². The van der Waals surface area contributed by atoms with Crippen molar-refractivity contribution in [1.82, 2.24) is 4.72 Å². The Morgan fingerprint density at radius 1 is 1.27 bits per heavy atom. The molecule has 0 radical (unpaired) electrons. The molecule has 0 aromatic heterocycles. The number of carbonyl (C=O) groups is 1. The number of primary amides is 1. The van der Waals surface area contributed by atoms with Crippen LogP contribution in [0.2, 0.25) is 0 Å². The molecule has 9 heteroatoms. The van der Waals surface area contributed by atoms with Gasteiger partial charge >= 0.3 is 6.09 Å². The first-order valence-corrected chi connectivity index (χ1v) is 13.1. The molecule has 0 heterocycles. The van der Waals surface area contributed by atoms with Crippen molar-refractivity contribution in [3.05, 3.63) is 64.3 Å². The third kappa shape index (κ3) is 7.36. The Kier molecular flexibility index (Phi) is 9.77. The minimum atomic E-state index is -0.998. The van der Waals surface area contributed by atoms with Crippen LogP contribution in [-0.4, -0.2) is 37.9 Å². The predicted octanol–water partition coefficient (Wildman–Crippen LogP) is 5.24. The predicted molar refractivity (Wildman–Crippen MR) is 151 cm³/mol. The number of methoxy groups -OCH3 is 1. The molecule has 2 atom stereocenters. The summed E-state index contributed by atoms with van der Waals surface area (Å²) in [6.07, 6.45) is 4.68. The Bertz CT molecular complexity index is 1210. The van der Waals surface area contributed by atoms with E-state index in [1.165, 1.54) is 11.9 Å². The molecular formula is C28H37N5O3S. The van der Waals surface area contributed by atoms with Crippen molar-refractivity contribution >= 4 is 35.7 Å². The highest BCUT2D eigenvalue weighted by Gasteiger charge is 2.29. The standard InChI is InChI=1S/C28H37N5O3S/c1-16-6-11-25(24(12-16)35-5)37-33-15-23(27(30)36-28(31)34)19(4)26-17(2)7-10-22(18(26)3)20(13-29)14-32-21-8-9-21/h6-7,10-14,19,21,23,30,33H,8-9,15,29H2,1-5H3,(H2,31,34). The van der Waals surface area contributed by atoms with Gasteiger partial charge < -0.3 is 20.9 Å². The van der Waals surface area contributed by atoms with Gasteiger partial charge in [0.15, 0.2) is 5.90 Å². The number of nitrogens with zero attached hydrogens (tertiary/aromatic N) is 1. The number of benzene rings is 2. The molecule has 2 unspecified atom stereocenters. The highest BCUT2D eigenvalue weighted by atomic mass is 32.2. The fourth-order valence-electron chi connectivity index (χ4n) is 4.44. The molecule has 0 aliphatic heterocycles. The van der Waals surface area contributed by atoms with E-state index in [1.54, 1.807) is 13.3 Å². The molecular weight excluding hydrogens is 486 g/mol. The van der Waals surface area contributed by atoms with Gasteiger partial charge in [-0.25, -0.2) is 4.79 Å². The molecule has 1 fully saturated rings. The van der Waals surface area contributed by atoms with Crippen LogP contribution in [0.1, 0.15) is 53.5 Å². The molecule has 2 aromatic rings. The van der Waals surface area contributed by atoms with Crippen LogP contribution in [0.4, 0.5) is 4.79 Å². The van der Waals surface area contributed by atoms with E-state index in [0.29, 0.717) is 12.6 Å². The van der Waals surface area contributed by atoms with Crippen LogP contribution in [-0.2, 0) is 4.74 Å². The number of hydrogen-bond acceptors (Lipinski definition) is 8. The molecule has 0 saturated heterocycles. The second-order valence-electron chi connectivity index (χ2n) is 9.39. The topological polar surface area (TPSA) is 136 Å². The first-order valence-electron chi connectivity index (χ1n) is 12.3. The highest BCUT2D eigenvalue weighted by molar-refractivity contribution is 7.97. The number of nitrogens with two attached hydrogens (primary N) is 2. The number of allylic oxidation sites excluding steroid dienone is 1. The Labute approximate surface area is 223 Å². The van der Waals surface area contributed by atoms with Gasteiger partial charge in [0.25, 0.3) is 0 Å². The third-order valence-corrected chi connectivity index (χ3v) is 7.47. The summed E-state index contributed by atoms with van der Waals surface area (Å²) >= 11 is 1.41. The van der Waals surface area contributed by atoms with Crippen molar-refractivity contribution in [2.75, 3.05) is 13.7 Å². The smallest absolute Gasteiger partial charge is 0.411 e. The van der Waals surface area contributed by atoms with Crippen molar-refractivity contribution in [2.24, 2.45) is 22.4 Å². The van der Waals surface area contributed by atoms with Crippen LogP contribution < -0.4 is 20.9 Å². The summed E-state index contributed by atoms with van der Waals surface area (Å²) in [5.74, 6) is -0.0503. The molecule has 198 valence electrons. The Morgan fingerprint density at radius 3 is 2.62 bits per heavy atom. The third-order valence-electron chi connectivity index (χ3n) is 6.61. The molecule has 1 aliphatic carbocycles. The second-order valence-corrected chi connectivity index (χ2v) is 10.3. The van der Waals surface area contributed by atoms with Crippen molar-refractivity contribution in [3.8, 4) is 5.75 Å². The zero-order valence-electron chi connectivity index (χ0n) is 22.1. The summed E-state index contributed by atoms with van der Waals surface area (Å²) in [5.41, 5.74) is 17.4. The molecule has 8 nitrogen and oxygen atoms in total. The van der Waals surface area contributed by atoms with Crippen LogP contribution in [0.15, 0.2) is 46.4 Å². The number of ether oxygens (including phenoxy) is 2. The first kappa shape index (κ1) is 28.3. The Morgan fingerprint density at radius 2 is 2.00 bits per heavy atom. The molecule has 0 bridgehead atoms. The van der Waals surface area contributed by atoms with Crippen LogP contribution in [0.5, 0.6) is 5.75 Å². The maximum absolute atomic E-state index is 11.5. The lowest BCUT2D eigenvalue weighted by atomic mass is 9.80. The zero-order chi connectivity index (χ0) is 27.1. The van der Waals surface area contributed by atoms with E-state index in [4.69, 9.17) is 26.4 Å². The van der Waals surface area contributed by atoms with Gasteiger partial charge in [-0.1, -0.05) is 25.1 Å². The van der Waals surface area contributed by atoms with Crippen LogP contribution in [0.3, 0.4) is 0 Å². The lowest BCUT2D eigenvalue weighted by Crippen LogP contribution is -2.34. The van der Waals surface area contributed by atoms with Crippen LogP contribution in [0, 0.1) is 32.1 Å². The van der Waals surface area contributed by atoms with E-state index in [1.807, 2.05) is 45.2 Å². The SMILES string of the molecule is COc1cc(C)ccc1SNCC(C(=N)OC(N)=O)C(C)c1c(C)ccc(C(C=NC2CC2)=CN)c1C. The number of nitrogens with one attached hydrogen (secondary N) is 2. The van der Waals surface area contributed by atoms with Crippen molar-refractivity contribution in [1.29, 1.82) is 5.41 Å². The largest absolute Gasteiger partial charge is 0.496 e. The van der Waals surface area contributed by atoms with Crippen molar-refractivity contribution in [3.63, 3.8) is 0 Å². The van der Waals surface area contributed by atoms with Gasteiger partial charge in [0, 0.05) is 24.5 Å². The second kappa shape index (κ2) is 12.8. The summed E-state index contributed by atoms with van der Waals surface area (Å²) in [4.78, 5) is 17.0. The maximum Gasteiger partial charge on any atom is 0.411 e. The summed E-state index contributed by atoms with van der Waals surface area (Å²) in [7, 11) is 1.64. The zero-order valence-corrected chi connectivity index (χ0v) is 22.9. The number of amides is 1. The van der Waals surface area contributed by atoms with Gasteiger partial charge in [-0.05, 0) is 91.4 Å². The van der Waals surface area contributed by atoms with E-state index in [2.05, 4.69) is 28.8 Å². The van der Waals surface area contributed by atoms with Crippen LogP contribution in [0.25, 0.3) is 5.57 Å². The van der Waals surface area contributed by atoms with Crippen molar-refractivity contribution < 1.29 is 14.3 Å². The fraction of sp³-hybridized carbons (Fsp3) is 0.393. The lowest BCUT2D eigenvalue weighted by Gasteiger charge is -2.28. The minimum absolute atomic E-state index is 0.167. The van der Waals surface area contributed by atoms with Crippen LogP contribution >= 0.6 is 11.9 Å². The summed E-state index contributed by atoms with van der Waals surface area (Å²) < 4.78 is 13.9. The van der Waals surface area contributed by atoms with Gasteiger partial charge in [0.1, 0.15) is 5.75 Å². The molecule has 1 saturated carbocycles. The van der Waals surface area contributed by atoms with E-state index in [0.717, 1.165) is 56.9 Å². The molecule has 37 heavy (non-hydrogen) atoms. The van der Waals surface area contributed by atoms with Gasteiger partial charge in [0.2, 0.25) is 0 Å². The quantitative estimate of drug-likeness (QED) is 0.181. The number of carbonyl (C=O) groups excluding carboxylic acids is 1. The molecule has 0 spiro atoms. The highest BCUT2D eigenvalue weighted by Crippen LogP contribution is 2.35. The minimum Gasteiger partial charge on any atom is -0.496 e. The van der Waals surface area contributed by atoms with Gasteiger partial charge in [0.05, 0.1) is 24.0 Å². The number of hydrogen-bond donors (Lipinski definition) is 4. The van der Waals surface area contributed by atoms with Gasteiger partial charge in [-0.15, -0.1) is 0 Å². The molecule has 3 rings (SSSR count). The summed E-state index contributed by atoms with van der Waals surface area (Å²) in [5, 5.41) is 8.53. The van der Waals surface area contributed by atoms with E-state index in [9.17, 15) is 4.79 Å². The Hall–Kier alpha value is -3.30. The Balaban J connectivity index is 1.88. The van der Waals surface area contributed by atoms with E-state index >= 15 is 0 Å². The monoisotopic (exact) mass is 523 g/mol. The van der Waals surface area contributed by atoms with E-state index < -0.39 is 12.0 Å². The number of aryl methyl sites for hydroxylation is 2. The molecule has 2 aromatic carbocycles. The normalized spacial score (nSPS) is 15.4. The summed E-state index contributed by atoms with van der Waals surface area (Å²) in [6, 6.07) is 10.5. The average Bonchev–Trinajstić information content (AvgIpc) is 3.68. The average molecular weight is 524 g/mol. The number of rotatable bonds is 11. The number of aliphatic imine (C=N–C) groups is 1. The van der Waals surface area contributed by atoms with Gasteiger partial charge in [-0.2, -0.15) is 0 Å². The van der Waals surface area contributed by atoms with E-state index in [-0.39, 0.29) is 11.8 Å². The first-order chi connectivity index (χ1) is 17.7. The lowest BCUT2D eigenvalue weighted by molar-refractivity contribution is 0.202. The summed E-state index contributed by atoms with van der Waals surface area (Å²) in [6.45, 7) is 8.50.